The molecule has 1 amide bonds. The van der Waals surface area contributed by atoms with E-state index in [1.807, 2.05) is 0 Å². The fraction of sp³-hybridized carbons (Fsp3) is 0.167. The second kappa shape index (κ2) is 7.73. The Morgan fingerprint density at radius 1 is 1.19 bits per heavy atom. The summed E-state index contributed by atoms with van der Waals surface area (Å²) in [4.78, 5) is 12.5. The fourth-order valence-electron chi connectivity index (χ4n) is 2.51. The van der Waals surface area contributed by atoms with E-state index in [1.165, 1.54) is 31.0 Å². The molecular formula is C18H18FN5O3. The Bertz CT molecular complexity index is 973. The highest BCUT2D eigenvalue weighted by Gasteiger charge is 2.18. The standard InChI is InChI=1S/C18H18FN5O3/c1-26-14-7-6-13(9-15(14)27-2)21-18(25)16-17(20)24(23-22-16)10-11-4-3-5-12(19)8-11/h3-9H,10,20H2,1-2H3,(H,21,25). The lowest BCUT2D eigenvalue weighted by atomic mass is 10.2. The maximum absolute atomic E-state index is 13.3. The average Bonchev–Trinajstić information content (AvgIpc) is 3.02. The molecule has 0 saturated carbocycles. The van der Waals surface area contributed by atoms with E-state index < -0.39 is 5.91 Å². The smallest absolute Gasteiger partial charge is 0.280 e. The Morgan fingerprint density at radius 2 is 1.96 bits per heavy atom. The minimum atomic E-state index is -0.523. The third-order valence-corrected chi connectivity index (χ3v) is 3.85. The van der Waals surface area contributed by atoms with Crippen LogP contribution in [0, 0.1) is 5.82 Å². The highest BCUT2D eigenvalue weighted by Crippen LogP contribution is 2.30. The predicted octanol–water partition coefficient (Wildman–Crippen LogP) is 2.32. The van der Waals surface area contributed by atoms with Crippen LogP contribution >= 0.6 is 0 Å². The maximum Gasteiger partial charge on any atom is 0.280 e. The zero-order valence-corrected chi connectivity index (χ0v) is 14.8. The van der Waals surface area contributed by atoms with E-state index in [9.17, 15) is 9.18 Å². The van der Waals surface area contributed by atoms with Gasteiger partial charge in [-0.25, -0.2) is 9.07 Å². The molecule has 0 spiro atoms. The van der Waals surface area contributed by atoms with Gasteiger partial charge in [0.2, 0.25) is 0 Å². The van der Waals surface area contributed by atoms with Gasteiger partial charge in [0.25, 0.3) is 5.91 Å². The van der Waals surface area contributed by atoms with Gasteiger partial charge in [0.1, 0.15) is 5.82 Å². The highest BCUT2D eigenvalue weighted by atomic mass is 19.1. The number of hydrogen-bond donors (Lipinski definition) is 2. The van der Waals surface area contributed by atoms with Gasteiger partial charge in [0.15, 0.2) is 23.0 Å². The summed E-state index contributed by atoms with van der Waals surface area (Å²) in [7, 11) is 3.02. The van der Waals surface area contributed by atoms with E-state index in [2.05, 4.69) is 15.6 Å². The summed E-state index contributed by atoms with van der Waals surface area (Å²) in [5.41, 5.74) is 7.09. The first kappa shape index (κ1) is 18.2. The molecule has 1 aromatic heterocycles. The largest absolute Gasteiger partial charge is 0.493 e. The lowest BCUT2D eigenvalue weighted by Gasteiger charge is -2.10. The van der Waals surface area contributed by atoms with Crippen LogP contribution in [0.15, 0.2) is 42.5 Å². The van der Waals surface area contributed by atoms with Crippen molar-refractivity contribution in [1.29, 1.82) is 0 Å². The molecule has 0 aliphatic rings. The molecule has 9 heteroatoms. The van der Waals surface area contributed by atoms with Crippen molar-refractivity contribution >= 4 is 17.4 Å². The number of carbonyl (C=O) groups is 1. The van der Waals surface area contributed by atoms with Crippen molar-refractivity contribution in [2.75, 3.05) is 25.3 Å². The van der Waals surface area contributed by atoms with Gasteiger partial charge in [0, 0.05) is 11.8 Å². The molecule has 0 atom stereocenters. The number of hydrogen-bond acceptors (Lipinski definition) is 6. The zero-order valence-electron chi connectivity index (χ0n) is 14.8. The van der Waals surface area contributed by atoms with Crippen LogP contribution in [0.25, 0.3) is 0 Å². The minimum Gasteiger partial charge on any atom is -0.493 e. The van der Waals surface area contributed by atoms with Crippen LogP contribution in [0.5, 0.6) is 11.5 Å². The molecule has 0 fully saturated rings. The number of methoxy groups -OCH3 is 2. The quantitative estimate of drug-likeness (QED) is 0.689. The Hall–Kier alpha value is -3.62. The summed E-state index contributed by atoms with van der Waals surface area (Å²) in [6.07, 6.45) is 0. The second-order valence-corrected chi connectivity index (χ2v) is 5.63. The molecule has 3 rings (SSSR count). The second-order valence-electron chi connectivity index (χ2n) is 5.63. The highest BCUT2D eigenvalue weighted by molar-refractivity contribution is 6.05. The Morgan fingerprint density at radius 3 is 2.67 bits per heavy atom. The molecule has 3 aromatic rings. The van der Waals surface area contributed by atoms with E-state index in [1.54, 1.807) is 30.3 Å². The van der Waals surface area contributed by atoms with Crippen LogP contribution < -0.4 is 20.5 Å². The molecular weight excluding hydrogens is 353 g/mol. The number of anilines is 2. The van der Waals surface area contributed by atoms with Gasteiger partial charge >= 0.3 is 0 Å². The van der Waals surface area contributed by atoms with Crippen molar-refractivity contribution in [2.45, 2.75) is 6.54 Å². The van der Waals surface area contributed by atoms with Gasteiger partial charge in [-0.2, -0.15) is 0 Å². The maximum atomic E-state index is 13.3. The van der Waals surface area contributed by atoms with E-state index in [0.717, 1.165) is 0 Å². The van der Waals surface area contributed by atoms with Crippen molar-refractivity contribution in [3.05, 3.63) is 59.5 Å². The first-order valence-corrected chi connectivity index (χ1v) is 7.98. The first-order valence-electron chi connectivity index (χ1n) is 7.98. The predicted molar refractivity (Wildman–Crippen MR) is 97.4 cm³/mol. The molecule has 2 aromatic carbocycles. The number of carbonyl (C=O) groups excluding carboxylic acids is 1. The number of amides is 1. The summed E-state index contributed by atoms with van der Waals surface area (Å²) in [5.74, 6) is 0.203. The van der Waals surface area contributed by atoms with Gasteiger partial charge in [-0.3, -0.25) is 4.79 Å². The average molecular weight is 371 g/mol. The molecule has 0 aliphatic carbocycles. The molecule has 0 bridgehead atoms. The van der Waals surface area contributed by atoms with Crippen LogP contribution in [0.1, 0.15) is 16.1 Å². The number of nitrogens with zero attached hydrogens (tertiary/aromatic N) is 3. The normalized spacial score (nSPS) is 10.5. The van der Waals surface area contributed by atoms with Gasteiger partial charge in [-0.15, -0.1) is 5.10 Å². The molecule has 140 valence electrons. The molecule has 27 heavy (non-hydrogen) atoms. The fourth-order valence-corrected chi connectivity index (χ4v) is 2.51. The minimum absolute atomic E-state index is 0.0267. The van der Waals surface area contributed by atoms with E-state index in [-0.39, 0.29) is 23.9 Å². The summed E-state index contributed by atoms with van der Waals surface area (Å²) < 4.78 is 25.0. The van der Waals surface area contributed by atoms with Crippen molar-refractivity contribution in [1.82, 2.24) is 15.0 Å². The molecule has 3 N–H and O–H groups in total. The molecule has 0 unspecified atom stereocenters. The van der Waals surface area contributed by atoms with Crippen LogP contribution in [0.4, 0.5) is 15.9 Å². The van der Waals surface area contributed by atoms with Crippen molar-refractivity contribution < 1.29 is 18.7 Å². The lowest BCUT2D eigenvalue weighted by molar-refractivity contribution is 0.102. The summed E-state index contributed by atoms with van der Waals surface area (Å²) in [6, 6.07) is 11.0. The summed E-state index contributed by atoms with van der Waals surface area (Å²) in [6.45, 7) is 0.195. The molecule has 0 aliphatic heterocycles. The Labute approximate surface area is 154 Å². The molecule has 1 heterocycles. The van der Waals surface area contributed by atoms with Gasteiger partial charge in [0.05, 0.1) is 20.8 Å². The zero-order chi connectivity index (χ0) is 19.4. The van der Waals surface area contributed by atoms with Crippen molar-refractivity contribution in [2.24, 2.45) is 0 Å². The molecule has 0 saturated heterocycles. The van der Waals surface area contributed by atoms with E-state index in [0.29, 0.717) is 22.7 Å². The monoisotopic (exact) mass is 371 g/mol. The van der Waals surface area contributed by atoms with Gasteiger partial charge < -0.3 is 20.5 Å². The number of benzene rings is 2. The SMILES string of the molecule is COc1ccc(NC(=O)c2nnn(Cc3cccc(F)c3)c2N)cc1OC. The summed E-state index contributed by atoms with van der Waals surface area (Å²) in [5, 5.41) is 10.4. The van der Waals surface area contributed by atoms with E-state index in [4.69, 9.17) is 15.2 Å². The van der Waals surface area contributed by atoms with Crippen LogP contribution in [0.2, 0.25) is 0 Å². The van der Waals surface area contributed by atoms with Crippen LogP contribution in [0.3, 0.4) is 0 Å². The topological polar surface area (TPSA) is 104 Å². The Kier molecular flexibility index (Phi) is 5.20. The first-order chi connectivity index (χ1) is 13.0. The van der Waals surface area contributed by atoms with Crippen molar-refractivity contribution in [3.8, 4) is 11.5 Å². The lowest BCUT2D eigenvalue weighted by Crippen LogP contribution is -2.15. The van der Waals surface area contributed by atoms with Crippen LogP contribution in [-0.2, 0) is 6.54 Å². The van der Waals surface area contributed by atoms with Gasteiger partial charge in [-0.05, 0) is 29.8 Å². The number of nitrogens with one attached hydrogen (secondary N) is 1. The number of aromatic nitrogens is 3. The molecule has 8 nitrogen and oxygen atoms in total. The number of halogens is 1. The third-order valence-electron chi connectivity index (χ3n) is 3.85. The van der Waals surface area contributed by atoms with Crippen LogP contribution in [-0.4, -0.2) is 35.1 Å². The number of nitrogens with two attached hydrogens (primary N) is 1. The molecule has 0 radical (unpaired) electrons. The summed E-state index contributed by atoms with van der Waals surface area (Å²) >= 11 is 0. The number of nitrogen functional groups attached to an aromatic ring is 1. The van der Waals surface area contributed by atoms with Gasteiger partial charge in [-0.1, -0.05) is 17.3 Å². The Balaban J connectivity index is 1.77. The van der Waals surface area contributed by atoms with E-state index >= 15 is 0 Å². The number of ether oxygens (including phenoxy) is 2. The third kappa shape index (κ3) is 3.97. The number of rotatable bonds is 6. The van der Waals surface area contributed by atoms with Crippen molar-refractivity contribution in [3.63, 3.8) is 0 Å².